The number of hydrogen-bond donors (Lipinski definition) is 0. The van der Waals surface area contributed by atoms with Crippen LogP contribution in [0.4, 0.5) is 5.69 Å². The van der Waals surface area contributed by atoms with Crippen LogP contribution in [-0.2, 0) is 15.7 Å². The van der Waals surface area contributed by atoms with Gasteiger partial charge in [0.2, 0.25) is 5.75 Å². The third-order valence-corrected chi connectivity index (χ3v) is 7.03. The van der Waals surface area contributed by atoms with Crippen molar-refractivity contribution in [1.29, 1.82) is 0 Å². The van der Waals surface area contributed by atoms with Crippen molar-refractivity contribution in [3.05, 3.63) is 57.4 Å². The Bertz CT molecular complexity index is 902. The molecule has 2 saturated heterocycles. The highest BCUT2D eigenvalue weighted by Gasteiger charge is 2.49. The van der Waals surface area contributed by atoms with Crippen LogP contribution in [-0.4, -0.2) is 45.4 Å². The molecule has 11 heteroatoms. The van der Waals surface area contributed by atoms with Crippen LogP contribution in [0.15, 0.2) is 36.5 Å². The molecule has 1 aromatic heterocycles. The zero-order valence-electron chi connectivity index (χ0n) is 14.2. The van der Waals surface area contributed by atoms with Crippen molar-refractivity contribution < 1.29 is 18.7 Å². The maximum Gasteiger partial charge on any atom is 0.346 e. The highest BCUT2D eigenvalue weighted by molar-refractivity contribution is 7.54. The summed E-state index contributed by atoms with van der Waals surface area (Å²) in [7, 11) is -2.96. The quantitative estimate of drug-likeness (QED) is 0.214. The first-order valence-corrected chi connectivity index (χ1v) is 10.2. The minimum atomic E-state index is -2.96. The monoisotopic (exact) mass is 410 g/mol. The second-order valence-corrected chi connectivity index (χ2v) is 8.91. The van der Waals surface area contributed by atoms with Gasteiger partial charge < -0.3 is 9.26 Å². The van der Waals surface area contributed by atoms with Crippen LogP contribution in [0.3, 0.4) is 0 Å². The number of pyridine rings is 1. The summed E-state index contributed by atoms with van der Waals surface area (Å²) in [6.45, 7) is 3.09. The Morgan fingerprint density at radius 1 is 1.19 bits per heavy atom. The summed E-state index contributed by atoms with van der Waals surface area (Å²) in [5.41, 5.74) is 0.440. The number of aromatic nitrogens is 1. The Hall–Kier alpha value is -2.03. The molecule has 0 amide bonds. The fourth-order valence-corrected chi connectivity index (χ4v) is 4.83. The number of rotatable bonds is 8. The van der Waals surface area contributed by atoms with Crippen LogP contribution in [0.2, 0.25) is 5.15 Å². The van der Waals surface area contributed by atoms with Crippen LogP contribution in [0.5, 0.6) is 11.5 Å². The standard InChI is InChI=1S/C16H16ClN4O5P/c17-16-4-2-13(10-18-16)26-15-9-12(1-3-14(15)21(22)23)11-25-27(24,19-5-6-19)20-7-8-20/h1-4,9-10H,5-8,11H2. The number of halogens is 1. The van der Waals surface area contributed by atoms with Crippen LogP contribution >= 0.6 is 19.3 Å². The fourth-order valence-electron chi connectivity index (χ4n) is 2.53. The first kappa shape index (κ1) is 18.3. The zero-order chi connectivity index (χ0) is 19.0. The lowest BCUT2D eigenvalue weighted by atomic mass is 10.2. The highest BCUT2D eigenvalue weighted by Crippen LogP contribution is 2.61. The van der Waals surface area contributed by atoms with E-state index in [1.165, 1.54) is 24.4 Å². The molecule has 0 atom stereocenters. The van der Waals surface area contributed by atoms with Gasteiger partial charge in [-0.05, 0) is 29.8 Å². The molecule has 0 aliphatic carbocycles. The lowest BCUT2D eigenvalue weighted by Crippen LogP contribution is -2.08. The molecule has 27 heavy (non-hydrogen) atoms. The van der Waals surface area contributed by atoms with E-state index < -0.39 is 12.6 Å². The van der Waals surface area contributed by atoms with Gasteiger partial charge in [0.25, 0.3) is 0 Å². The van der Waals surface area contributed by atoms with Gasteiger partial charge in [0.1, 0.15) is 10.9 Å². The van der Waals surface area contributed by atoms with E-state index in [4.69, 9.17) is 20.9 Å². The highest BCUT2D eigenvalue weighted by atomic mass is 35.5. The molecule has 142 valence electrons. The molecule has 2 aliphatic rings. The molecule has 4 rings (SSSR count). The predicted octanol–water partition coefficient (Wildman–Crippen LogP) is 3.69. The van der Waals surface area contributed by atoms with Crippen molar-refractivity contribution in [1.82, 2.24) is 14.3 Å². The Morgan fingerprint density at radius 2 is 1.89 bits per heavy atom. The Labute approximate surface area is 160 Å². The average Bonchev–Trinajstić information content (AvgIpc) is 3.53. The molecule has 0 unspecified atom stereocenters. The first-order chi connectivity index (χ1) is 13.0. The summed E-state index contributed by atoms with van der Waals surface area (Å²) in [5.74, 6) is 0.373. The van der Waals surface area contributed by atoms with E-state index >= 15 is 0 Å². The maximum atomic E-state index is 13.0. The molecule has 0 saturated carbocycles. The molecule has 0 N–H and O–H groups in total. The number of hydrogen-bond acceptors (Lipinski definition) is 6. The van der Waals surface area contributed by atoms with Crippen molar-refractivity contribution in [3.63, 3.8) is 0 Å². The Kier molecular flexibility index (Phi) is 4.88. The van der Waals surface area contributed by atoms with E-state index in [1.54, 1.807) is 12.1 Å². The lowest BCUT2D eigenvalue weighted by Gasteiger charge is -2.19. The number of benzene rings is 1. The van der Waals surface area contributed by atoms with E-state index in [2.05, 4.69) is 4.98 Å². The van der Waals surface area contributed by atoms with Crippen molar-refractivity contribution >= 4 is 25.0 Å². The van der Waals surface area contributed by atoms with E-state index in [0.29, 0.717) is 16.5 Å². The number of nitrogens with zero attached hydrogens (tertiary/aromatic N) is 4. The van der Waals surface area contributed by atoms with Crippen LogP contribution in [0.1, 0.15) is 5.56 Å². The Balaban J connectivity index is 1.54. The molecule has 1 aromatic carbocycles. The van der Waals surface area contributed by atoms with E-state index in [9.17, 15) is 14.7 Å². The van der Waals surface area contributed by atoms with Gasteiger partial charge in [0, 0.05) is 32.2 Å². The number of nitro groups is 1. The summed E-state index contributed by atoms with van der Waals surface area (Å²) in [4.78, 5) is 14.7. The molecule has 0 radical (unpaired) electrons. The molecule has 3 heterocycles. The second kappa shape index (κ2) is 7.18. The van der Waals surface area contributed by atoms with E-state index in [0.717, 1.165) is 26.2 Å². The smallest absolute Gasteiger partial charge is 0.346 e. The number of nitro benzene ring substituents is 1. The summed E-state index contributed by atoms with van der Waals surface area (Å²) < 4.78 is 27.9. The topological polar surface area (TPSA) is 97.6 Å². The maximum absolute atomic E-state index is 13.0. The van der Waals surface area contributed by atoms with Gasteiger partial charge in [-0.2, -0.15) is 0 Å². The van der Waals surface area contributed by atoms with Gasteiger partial charge in [-0.25, -0.2) is 14.3 Å². The first-order valence-electron chi connectivity index (χ1n) is 8.28. The predicted molar refractivity (Wildman–Crippen MR) is 98.0 cm³/mol. The van der Waals surface area contributed by atoms with Gasteiger partial charge in [0.05, 0.1) is 17.7 Å². The van der Waals surface area contributed by atoms with E-state index in [1.807, 2.05) is 9.34 Å². The third kappa shape index (κ3) is 4.12. The summed E-state index contributed by atoms with van der Waals surface area (Å²) in [5, 5.41) is 11.6. The molecular formula is C16H16ClN4O5P. The van der Waals surface area contributed by atoms with E-state index in [-0.39, 0.29) is 18.0 Å². The largest absolute Gasteiger partial charge is 0.448 e. The van der Waals surface area contributed by atoms with Crippen LogP contribution < -0.4 is 4.74 Å². The van der Waals surface area contributed by atoms with Gasteiger partial charge >= 0.3 is 13.4 Å². The Morgan fingerprint density at radius 3 is 2.44 bits per heavy atom. The van der Waals surface area contributed by atoms with Crippen LogP contribution in [0, 0.1) is 10.1 Å². The van der Waals surface area contributed by atoms with Gasteiger partial charge in [-0.15, -0.1) is 0 Å². The molecule has 0 bridgehead atoms. The minimum Gasteiger partial charge on any atom is -0.448 e. The lowest BCUT2D eigenvalue weighted by molar-refractivity contribution is -0.385. The van der Waals surface area contributed by atoms with Gasteiger partial charge in [0.15, 0.2) is 0 Å². The molecule has 2 fully saturated rings. The SMILES string of the molecule is O=[N+]([O-])c1ccc(COP(=O)(N2CC2)N2CC2)cc1Oc1ccc(Cl)nc1. The van der Waals surface area contributed by atoms with Crippen molar-refractivity contribution in [2.24, 2.45) is 0 Å². The van der Waals surface area contributed by atoms with Crippen LogP contribution in [0.25, 0.3) is 0 Å². The summed E-state index contributed by atoms with van der Waals surface area (Å²) >= 11 is 5.74. The molecular weight excluding hydrogens is 395 g/mol. The second-order valence-electron chi connectivity index (χ2n) is 6.15. The minimum absolute atomic E-state index is 0.0542. The normalized spacial score (nSPS) is 16.9. The molecule has 2 aromatic rings. The van der Waals surface area contributed by atoms with Gasteiger partial charge in [-0.3, -0.25) is 14.7 Å². The van der Waals surface area contributed by atoms with Crippen molar-refractivity contribution in [3.8, 4) is 11.5 Å². The number of ether oxygens (including phenoxy) is 1. The molecule has 0 spiro atoms. The summed E-state index contributed by atoms with van der Waals surface area (Å²) in [6.07, 6.45) is 1.38. The third-order valence-electron chi connectivity index (χ3n) is 4.11. The summed E-state index contributed by atoms with van der Waals surface area (Å²) in [6, 6.07) is 7.52. The fraction of sp³-hybridized carbons (Fsp3) is 0.312. The average molecular weight is 411 g/mol. The zero-order valence-corrected chi connectivity index (χ0v) is 15.8. The van der Waals surface area contributed by atoms with Crippen molar-refractivity contribution in [2.45, 2.75) is 6.61 Å². The molecule has 9 nitrogen and oxygen atoms in total. The molecule has 2 aliphatic heterocycles. The van der Waals surface area contributed by atoms with Crippen molar-refractivity contribution in [2.75, 3.05) is 26.2 Å². The van der Waals surface area contributed by atoms with Gasteiger partial charge in [-0.1, -0.05) is 11.6 Å².